The smallest absolute Gasteiger partial charge is 0.0582 e. The first-order chi connectivity index (χ1) is 4.74. The number of alkyl halides is 3. The Hall–Kier alpha value is 1.83. The van der Waals surface area contributed by atoms with Gasteiger partial charge in [-0.15, -0.1) is 0 Å². The minimum atomic E-state index is 0.182. The molecule has 0 heterocycles. The lowest BCUT2D eigenvalue weighted by molar-refractivity contribution is 0.243. The van der Waals surface area contributed by atoms with E-state index in [1.165, 1.54) is 0 Å². The summed E-state index contributed by atoms with van der Waals surface area (Å²) in [6.07, 6.45) is 0. The third kappa shape index (κ3) is 3.48. The molecule has 0 aromatic rings. The van der Waals surface area contributed by atoms with Crippen LogP contribution in [0.2, 0.25) is 0 Å². The molecule has 0 aromatic heterocycles. The molecule has 5 heteroatoms. The van der Waals surface area contributed by atoms with Gasteiger partial charge in [0.2, 0.25) is 0 Å². The van der Waals surface area contributed by atoms with Crippen LogP contribution in [0.1, 0.15) is 0 Å². The lowest BCUT2D eigenvalue weighted by Crippen LogP contribution is -2.31. The minimum absolute atomic E-state index is 0.182. The molecule has 0 amide bonds. The highest BCUT2D eigenvalue weighted by atomic mass is 79.9. The van der Waals surface area contributed by atoms with E-state index in [4.69, 9.17) is 4.52 Å². The van der Waals surface area contributed by atoms with Crippen LogP contribution in [-0.4, -0.2) is 22.6 Å². The van der Waals surface area contributed by atoms with Crippen molar-refractivity contribution in [2.45, 2.75) is 0 Å². The van der Waals surface area contributed by atoms with Crippen molar-refractivity contribution in [2.75, 3.05) is 22.6 Å². The molecule has 62 valence electrons. The first-order valence-electron chi connectivity index (χ1n) is 2.74. The third-order valence-electron chi connectivity index (χ3n) is 1.24. The van der Waals surface area contributed by atoms with Gasteiger partial charge in [-0.25, -0.2) is 0 Å². The SMILES string of the molecule is POCC(CBr)(CBr)CBr. The van der Waals surface area contributed by atoms with E-state index in [0.717, 1.165) is 22.6 Å². The molecule has 0 bridgehead atoms. The van der Waals surface area contributed by atoms with E-state index in [-0.39, 0.29) is 5.41 Å². The summed E-state index contributed by atoms with van der Waals surface area (Å²) in [7, 11) is 2.27. The first-order valence-corrected chi connectivity index (χ1v) is 6.58. The van der Waals surface area contributed by atoms with Crippen molar-refractivity contribution in [2.24, 2.45) is 5.41 Å². The van der Waals surface area contributed by atoms with Crippen molar-refractivity contribution in [1.82, 2.24) is 0 Å². The van der Waals surface area contributed by atoms with Crippen LogP contribution < -0.4 is 0 Å². The van der Waals surface area contributed by atoms with Crippen LogP contribution in [0, 0.1) is 5.41 Å². The van der Waals surface area contributed by atoms with E-state index in [0.29, 0.717) is 0 Å². The molecule has 1 atom stereocenters. The summed E-state index contributed by atoms with van der Waals surface area (Å²) >= 11 is 10.3. The number of hydrogen-bond acceptors (Lipinski definition) is 1. The summed E-state index contributed by atoms with van der Waals surface area (Å²) in [5.41, 5.74) is 0.182. The molecule has 0 saturated heterocycles. The fraction of sp³-hybridized carbons (Fsp3) is 1.00. The lowest BCUT2D eigenvalue weighted by atomic mass is 9.98. The molecule has 1 nitrogen and oxygen atoms in total. The van der Waals surface area contributed by atoms with Crippen molar-refractivity contribution in [3.63, 3.8) is 0 Å². The molecule has 0 aliphatic carbocycles. The highest BCUT2D eigenvalue weighted by Gasteiger charge is 2.26. The van der Waals surface area contributed by atoms with Crippen LogP contribution in [-0.2, 0) is 4.52 Å². The molecular formula is C5H10Br3OP. The number of rotatable bonds is 5. The molecule has 10 heavy (non-hydrogen) atoms. The summed E-state index contributed by atoms with van der Waals surface area (Å²) in [6, 6.07) is 0. The molecule has 0 fully saturated rings. The zero-order valence-electron chi connectivity index (χ0n) is 5.45. The van der Waals surface area contributed by atoms with Crippen molar-refractivity contribution >= 4 is 57.3 Å². The van der Waals surface area contributed by atoms with Gasteiger partial charge in [-0.1, -0.05) is 47.8 Å². The maximum absolute atomic E-state index is 5.01. The van der Waals surface area contributed by atoms with Gasteiger partial charge in [-0.05, 0) is 0 Å². The van der Waals surface area contributed by atoms with Crippen molar-refractivity contribution in [3.05, 3.63) is 0 Å². The molecule has 0 aliphatic rings. The average Bonchev–Trinajstić information content (AvgIpc) is 2.01. The van der Waals surface area contributed by atoms with Gasteiger partial charge in [-0.3, -0.25) is 0 Å². The Morgan fingerprint density at radius 1 is 1.10 bits per heavy atom. The zero-order chi connectivity index (χ0) is 8.04. The fourth-order valence-electron chi connectivity index (χ4n) is 0.400. The van der Waals surface area contributed by atoms with Crippen LogP contribution in [0.25, 0.3) is 0 Å². The maximum atomic E-state index is 5.01. The van der Waals surface area contributed by atoms with Crippen molar-refractivity contribution in [1.29, 1.82) is 0 Å². The van der Waals surface area contributed by atoms with Gasteiger partial charge in [0.1, 0.15) is 0 Å². The van der Waals surface area contributed by atoms with E-state index in [1.807, 2.05) is 0 Å². The maximum Gasteiger partial charge on any atom is 0.0582 e. The van der Waals surface area contributed by atoms with Crippen LogP contribution in [0.15, 0.2) is 0 Å². The van der Waals surface area contributed by atoms with Crippen LogP contribution in [0.4, 0.5) is 0 Å². The molecular weight excluding hydrogens is 347 g/mol. The van der Waals surface area contributed by atoms with E-state index in [1.54, 1.807) is 0 Å². The Balaban J connectivity index is 3.87. The van der Waals surface area contributed by atoms with Gasteiger partial charge in [-0.2, -0.15) is 0 Å². The molecule has 1 unspecified atom stereocenters. The normalized spacial score (nSPS) is 12.0. The Morgan fingerprint density at radius 2 is 1.50 bits per heavy atom. The second-order valence-corrected chi connectivity index (χ2v) is 4.23. The van der Waals surface area contributed by atoms with Crippen LogP contribution >= 0.6 is 57.3 Å². The summed E-state index contributed by atoms with van der Waals surface area (Å²) in [5.74, 6) is 0. The number of halogens is 3. The van der Waals surface area contributed by atoms with Crippen LogP contribution in [0.5, 0.6) is 0 Å². The monoisotopic (exact) mass is 354 g/mol. The van der Waals surface area contributed by atoms with Crippen LogP contribution in [0.3, 0.4) is 0 Å². The van der Waals surface area contributed by atoms with Gasteiger partial charge in [0.05, 0.1) is 6.61 Å². The Kier molecular flexibility index (Phi) is 7.52. The largest absolute Gasteiger partial charge is 0.365 e. The summed E-state index contributed by atoms with van der Waals surface area (Å²) in [4.78, 5) is 0. The quantitative estimate of drug-likeness (QED) is 0.543. The summed E-state index contributed by atoms with van der Waals surface area (Å²) in [6.45, 7) is 0.736. The predicted molar refractivity (Wildman–Crippen MR) is 59.5 cm³/mol. The Labute approximate surface area is 89.3 Å². The highest BCUT2D eigenvalue weighted by molar-refractivity contribution is 9.10. The van der Waals surface area contributed by atoms with Gasteiger partial charge < -0.3 is 4.52 Å². The average molecular weight is 357 g/mol. The van der Waals surface area contributed by atoms with Gasteiger partial charge in [0.25, 0.3) is 0 Å². The fourth-order valence-corrected chi connectivity index (χ4v) is 4.02. The second-order valence-electron chi connectivity index (χ2n) is 2.21. The molecule has 0 aliphatic heterocycles. The van der Waals surface area contributed by atoms with Crippen molar-refractivity contribution < 1.29 is 4.52 Å². The Morgan fingerprint density at radius 3 is 1.60 bits per heavy atom. The van der Waals surface area contributed by atoms with Gasteiger partial charge >= 0.3 is 0 Å². The summed E-state index contributed by atoms with van der Waals surface area (Å²) < 4.78 is 5.01. The molecule has 0 rings (SSSR count). The molecule has 0 spiro atoms. The van der Waals surface area contributed by atoms with E-state index < -0.39 is 0 Å². The first kappa shape index (κ1) is 11.8. The minimum Gasteiger partial charge on any atom is -0.365 e. The second kappa shape index (κ2) is 6.36. The summed E-state index contributed by atoms with van der Waals surface area (Å²) in [5, 5.41) is 2.81. The van der Waals surface area contributed by atoms with Gasteiger partial charge in [0, 0.05) is 30.9 Å². The highest BCUT2D eigenvalue weighted by Crippen LogP contribution is 2.26. The molecule has 0 aromatic carbocycles. The van der Waals surface area contributed by atoms with E-state index in [2.05, 4.69) is 57.3 Å². The predicted octanol–water partition coefficient (Wildman–Crippen LogP) is 2.96. The zero-order valence-corrected chi connectivity index (χ0v) is 11.4. The van der Waals surface area contributed by atoms with E-state index >= 15 is 0 Å². The number of hydrogen-bond donors (Lipinski definition) is 0. The standard InChI is InChI=1S/C5H10Br3OP/c6-1-5(2-7,3-8)4-9-10/h1-4,10H2. The third-order valence-corrected chi connectivity index (χ3v) is 4.98. The molecule has 0 saturated carbocycles. The van der Waals surface area contributed by atoms with Gasteiger partial charge in [0.15, 0.2) is 0 Å². The molecule has 0 radical (unpaired) electrons. The molecule has 0 N–H and O–H groups in total. The Bertz CT molecular complexity index is 78.7. The van der Waals surface area contributed by atoms with E-state index in [9.17, 15) is 0 Å². The van der Waals surface area contributed by atoms with Crippen molar-refractivity contribution in [3.8, 4) is 0 Å². The topological polar surface area (TPSA) is 9.23 Å². The lowest BCUT2D eigenvalue weighted by Gasteiger charge is -2.25.